The maximum Gasteiger partial charge on any atom is 0.231 e. The van der Waals surface area contributed by atoms with Crippen molar-refractivity contribution >= 4 is 0 Å². The van der Waals surface area contributed by atoms with E-state index in [0.29, 0.717) is 18.9 Å². The van der Waals surface area contributed by atoms with Gasteiger partial charge in [0, 0.05) is 36.9 Å². The number of aliphatic hydroxyl groups is 1. The summed E-state index contributed by atoms with van der Waals surface area (Å²) in [7, 11) is 0. The van der Waals surface area contributed by atoms with E-state index in [1.54, 1.807) is 0 Å². The Bertz CT molecular complexity index is 835. The zero-order valence-corrected chi connectivity index (χ0v) is 16.7. The number of rotatable bonds is 4. The third kappa shape index (κ3) is 3.32. The fourth-order valence-electron chi connectivity index (χ4n) is 4.21. The SMILES string of the molecule is Cc1nn(C(C)C)c(C)c1CN1CCC(O)(c2ccc3c(c2)OCO3)CC1. The molecular formula is C21H29N3O3. The maximum absolute atomic E-state index is 11.2. The van der Waals surface area contributed by atoms with Crippen molar-refractivity contribution in [1.29, 1.82) is 0 Å². The van der Waals surface area contributed by atoms with Crippen LogP contribution in [0.3, 0.4) is 0 Å². The highest BCUT2D eigenvalue weighted by atomic mass is 16.7. The van der Waals surface area contributed by atoms with Crippen LogP contribution in [0.5, 0.6) is 11.5 Å². The lowest BCUT2D eigenvalue weighted by Gasteiger charge is -2.38. The molecule has 0 aliphatic carbocycles. The van der Waals surface area contributed by atoms with Crippen molar-refractivity contribution in [3.05, 3.63) is 40.7 Å². The molecule has 2 aliphatic rings. The van der Waals surface area contributed by atoms with Crippen LogP contribution < -0.4 is 9.47 Å². The summed E-state index contributed by atoms with van der Waals surface area (Å²) < 4.78 is 13.0. The van der Waals surface area contributed by atoms with Crippen molar-refractivity contribution in [3.8, 4) is 11.5 Å². The Hall–Kier alpha value is -2.05. The Morgan fingerprint density at radius 3 is 2.52 bits per heavy atom. The van der Waals surface area contributed by atoms with Crippen LogP contribution in [-0.4, -0.2) is 39.7 Å². The molecule has 0 bridgehead atoms. The van der Waals surface area contributed by atoms with Gasteiger partial charge < -0.3 is 14.6 Å². The van der Waals surface area contributed by atoms with Gasteiger partial charge in [0.25, 0.3) is 0 Å². The first-order valence-corrected chi connectivity index (χ1v) is 9.77. The third-order valence-electron chi connectivity index (χ3n) is 5.94. The van der Waals surface area contributed by atoms with E-state index in [0.717, 1.165) is 42.4 Å². The minimum atomic E-state index is -0.802. The number of ether oxygens (including phenoxy) is 2. The first kappa shape index (κ1) is 18.3. The number of piperidine rings is 1. The molecule has 1 saturated heterocycles. The summed E-state index contributed by atoms with van der Waals surface area (Å²) in [4.78, 5) is 2.42. The van der Waals surface area contributed by atoms with Gasteiger partial charge in [-0.1, -0.05) is 6.07 Å². The average molecular weight is 371 g/mol. The van der Waals surface area contributed by atoms with Crippen molar-refractivity contribution in [2.45, 2.75) is 58.7 Å². The summed E-state index contributed by atoms with van der Waals surface area (Å²) in [5, 5.41) is 15.9. The normalized spacial score (nSPS) is 19.0. The smallest absolute Gasteiger partial charge is 0.231 e. The van der Waals surface area contributed by atoms with Crippen molar-refractivity contribution < 1.29 is 14.6 Å². The first-order chi connectivity index (χ1) is 12.9. The van der Waals surface area contributed by atoms with Gasteiger partial charge in [0.05, 0.1) is 11.3 Å². The summed E-state index contributed by atoms with van der Waals surface area (Å²) in [6.07, 6.45) is 1.42. The van der Waals surface area contributed by atoms with E-state index in [9.17, 15) is 5.11 Å². The van der Waals surface area contributed by atoms with Gasteiger partial charge in [-0.15, -0.1) is 0 Å². The summed E-state index contributed by atoms with van der Waals surface area (Å²) >= 11 is 0. The molecule has 27 heavy (non-hydrogen) atoms. The van der Waals surface area contributed by atoms with Crippen LogP contribution >= 0.6 is 0 Å². The molecular weight excluding hydrogens is 342 g/mol. The van der Waals surface area contributed by atoms with E-state index >= 15 is 0 Å². The number of likely N-dealkylation sites (tertiary alicyclic amines) is 1. The Labute approximate surface area is 160 Å². The quantitative estimate of drug-likeness (QED) is 0.894. The molecule has 0 radical (unpaired) electrons. The Balaban J connectivity index is 1.45. The molecule has 3 heterocycles. The molecule has 0 amide bonds. The molecule has 146 valence electrons. The van der Waals surface area contributed by atoms with Gasteiger partial charge >= 0.3 is 0 Å². The minimum absolute atomic E-state index is 0.258. The lowest BCUT2D eigenvalue weighted by molar-refractivity contribution is -0.0279. The van der Waals surface area contributed by atoms with Gasteiger partial charge in [-0.3, -0.25) is 9.58 Å². The van der Waals surface area contributed by atoms with Crippen LogP contribution in [0.1, 0.15) is 55.2 Å². The van der Waals surface area contributed by atoms with Gasteiger partial charge in [0.15, 0.2) is 11.5 Å². The second-order valence-corrected chi connectivity index (χ2v) is 8.06. The molecule has 1 fully saturated rings. The number of hydrogen-bond donors (Lipinski definition) is 1. The summed E-state index contributed by atoms with van der Waals surface area (Å²) in [6.45, 7) is 11.4. The van der Waals surface area contributed by atoms with E-state index in [-0.39, 0.29) is 6.79 Å². The highest BCUT2D eigenvalue weighted by Gasteiger charge is 2.35. The van der Waals surface area contributed by atoms with Crippen molar-refractivity contribution in [3.63, 3.8) is 0 Å². The zero-order valence-electron chi connectivity index (χ0n) is 16.7. The van der Waals surface area contributed by atoms with E-state index in [2.05, 4.69) is 37.3 Å². The van der Waals surface area contributed by atoms with Crippen LogP contribution in [0.2, 0.25) is 0 Å². The summed E-state index contributed by atoms with van der Waals surface area (Å²) in [5.74, 6) is 1.49. The number of aromatic nitrogens is 2. The van der Waals surface area contributed by atoms with Crippen molar-refractivity contribution in [1.82, 2.24) is 14.7 Å². The monoisotopic (exact) mass is 371 g/mol. The van der Waals surface area contributed by atoms with Crippen LogP contribution in [0, 0.1) is 13.8 Å². The van der Waals surface area contributed by atoms with Crippen LogP contribution in [0.15, 0.2) is 18.2 Å². The molecule has 2 aliphatic heterocycles. The number of benzene rings is 1. The Kier molecular flexibility index (Phi) is 4.64. The molecule has 0 spiro atoms. The lowest BCUT2D eigenvalue weighted by atomic mass is 9.84. The fourth-order valence-corrected chi connectivity index (χ4v) is 4.21. The average Bonchev–Trinajstić information content (AvgIpc) is 3.22. The molecule has 0 unspecified atom stereocenters. The number of aryl methyl sites for hydroxylation is 1. The molecule has 0 atom stereocenters. The summed E-state index contributed by atoms with van der Waals surface area (Å²) in [5.41, 5.74) is 3.80. The van der Waals surface area contributed by atoms with Crippen LogP contribution in [-0.2, 0) is 12.1 Å². The predicted octanol–water partition coefficient (Wildman–Crippen LogP) is 3.29. The molecule has 2 aromatic rings. The van der Waals surface area contributed by atoms with E-state index in [1.807, 2.05) is 18.2 Å². The van der Waals surface area contributed by atoms with Gasteiger partial charge in [-0.2, -0.15) is 5.10 Å². The van der Waals surface area contributed by atoms with Crippen LogP contribution in [0.25, 0.3) is 0 Å². The van der Waals surface area contributed by atoms with Crippen molar-refractivity contribution in [2.75, 3.05) is 19.9 Å². The van der Waals surface area contributed by atoms with E-state index in [4.69, 9.17) is 14.6 Å². The molecule has 1 aromatic heterocycles. The van der Waals surface area contributed by atoms with Crippen LogP contribution in [0.4, 0.5) is 0 Å². The Morgan fingerprint density at radius 2 is 1.85 bits per heavy atom. The summed E-state index contributed by atoms with van der Waals surface area (Å²) in [6, 6.07) is 6.16. The molecule has 4 rings (SSSR count). The largest absolute Gasteiger partial charge is 0.454 e. The zero-order chi connectivity index (χ0) is 19.2. The number of hydrogen-bond acceptors (Lipinski definition) is 5. The van der Waals surface area contributed by atoms with Crippen molar-refractivity contribution in [2.24, 2.45) is 0 Å². The molecule has 6 heteroatoms. The second-order valence-electron chi connectivity index (χ2n) is 8.06. The molecule has 6 nitrogen and oxygen atoms in total. The Morgan fingerprint density at radius 1 is 1.15 bits per heavy atom. The van der Waals surface area contributed by atoms with Gasteiger partial charge in [-0.05, 0) is 58.2 Å². The number of fused-ring (bicyclic) bond motifs is 1. The maximum atomic E-state index is 11.2. The van der Waals surface area contributed by atoms with Gasteiger partial charge in [0.1, 0.15) is 0 Å². The molecule has 1 N–H and O–H groups in total. The van der Waals surface area contributed by atoms with E-state index in [1.165, 1.54) is 11.3 Å². The van der Waals surface area contributed by atoms with E-state index < -0.39 is 5.60 Å². The molecule has 1 aromatic carbocycles. The topological polar surface area (TPSA) is 59.8 Å². The number of nitrogens with zero attached hydrogens (tertiary/aromatic N) is 3. The third-order valence-corrected chi connectivity index (χ3v) is 5.94. The molecule has 0 saturated carbocycles. The first-order valence-electron chi connectivity index (χ1n) is 9.77. The fraction of sp³-hybridized carbons (Fsp3) is 0.571. The highest BCUT2D eigenvalue weighted by Crippen LogP contribution is 2.39. The van der Waals surface area contributed by atoms with Gasteiger partial charge in [0.2, 0.25) is 6.79 Å². The second kappa shape index (κ2) is 6.84. The minimum Gasteiger partial charge on any atom is -0.454 e. The lowest BCUT2D eigenvalue weighted by Crippen LogP contribution is -2.42. The predicted molar refractivity (Wildman–Crippen MR) is 103 cm³/mol. The van der Waals surface area contributed by atoms with Gasteiger partial charge in [-0.25, -0.2) is 0 Å². The standard InChI is InChI=1S/C21H29N3O3/c1-14(2)24-16(4)18(15(3)22-24)12-23-9-7-21(25,8-10-23)17-5-6-19-20(11-17)27-13-26-19/h5-6,11,14,25H,7-10,12-13H2,1-4H3. The highest BCUT2D eigenvalue weighted by molar-refractivity contribution is 5.46.